The van der Waals surface area contributed by atoms with Crippen LogP contribution in [0.2, 0.25) is 0 Å². The fourth-order valence-corrected chi connectivity index (χ4v) is 1.93. The molecule has 0 saturated heterocycles. The molecule has 0 fully saturated rings. The van der Waals surface area contributed by atoms with Gasteiger partial charge in [-0.15, -0.1) is 0 Å². The highest BCUT2D eigenvalue weighted by atomic mass is 19.1. The quantitative estimate of drug-likeness (QED) is 0.931. The minimum absolute atomic E-state index is 0.0460. The number of hydrogen-bond acceptors (Lipinski definition) is 3. The molecule has 2 rings (SSSR count). The third-order valence-electron chi connectivity index (χ3n) is 3.03. The summed E-state index contributed by atoms with van der Waals surface area (Å²) in [5.41, 5.74) is 6.34. The molecule has 1 aromatic heterocycles. The third-order valence-corrected chi connectivity index (χ3v) is 3.03. The fraction of sp³-hybridized carbons (Fsp3) is 0.200. The van der Waals surface area contributed by atoms with E-state index in [1.807, 2.05) is 37.3 Å². The summed E-state index contributed by atoms with van der Waals surface area (Å²) in [6, 6.07) is 10.9. The number of carbonyl (C=O) groups excluding carboxylic acids is 1. The van der Waals surface area contributed by atoms with Crippen LogP contribution in [0.15, 0.2) is 42.6 Å². The molecule has 0 aliphatic heterocycles. The first kappa shape index (κ1) is 14.0. The Morgan fingerprint density at radius 3 is 2.65 bits per heavy atom. The maximum atomic E-state index is 13.9. The first-order chi connectivity index (χ1) is 9.63. The van der Waals surface area contributed by atoms with Crippen molar-refractivity contribution in [3.8, 4) is 0 Å². The van der Waals surface area contributed by atoms with E-state index in [0.29, 0.717) is 13.1 Å². The van der Waals surface area contributed by atoms with Gasteiger partial charge < -0.3 is 10.6 Å². The van der Waals surface area contributed by atoms with Gasteiger partial charge >= 0.3 is 0 Å². The Morgan fingerprint density at radius 1 is 1.30 bits per heavy atom. The molecule has 1 aromatic carbocycles. The van der Waals surface area contributed by atoms with Gasteiger partial charge in [0.25, 0.3) is 5.91 Å². The SMILES string of the molecule is CCN(Cc1ccccc1)C(=O)c1ccnc(N)c1F. The number of anilines is 1. The summed E-state index contributed by atoms with van der Waals surface area (Å²) in [5.74, 6) is -1.40. The van der Waals surface area contributed by atoms with E-state index in [1.165, 1.54) is 12.3 Å². The molecular formula is C15H16FN3O. The van der Waals surface area contributed by atoms with Gasteiger partial charge in [0.05, 0.1) is 5.56 Å². The number of nitrogen functional groups attached to an aromatic ring is 1. The summed E-state index contributed by atoms with van der Waals surface area (Å²) in [5, 5.41) is 0. The molecule has 0 bridgehead atoms. The first-order valence-corrected chi connectivity index (χ1v) is 6.36. The number of carbonyl (C=O) groups is 1. The molecule has 0 aliphatic carbocycles. The lowest BCUT2D eigenvalue weighted by molar-refractivity contribution is 0.0748. The van der Waals surface area contributed by atoms with Gasteiger partial charge in [-0.2, -0.15) is 0 Å². The normalized spacial score (nSPS) is 10.3. The fourth-order valence-electron chi connectivity index (χ4n) is 1.93. The zero-order chi connectivity index (χ0) is 14.5. The van der Waals surface area contributed by atoms with Crippen molar-refractivity contribution in [2.24, 2.45) is 0 Å². The summed E-state index contributed by atoms with van der Waals surface area (Å²) in [4.78, 5) is 17.5. The average Bonchev–Trinajstić information content (AvgIpc) is 2.48. The summed E-state index contributed by atoms with van der Waals surface area (Å²) in [6.45, 7) is 2.76. The lowest BCUT2D eigenvalue weighted by Crippen LogP contribution is -2.31. The minimum Gasteiger partial charge on any atom is -0.381 e. The monoisotopic (exact) mass is 273 g/mol. The molecule has 2 aromatic rings. The summed E-state index contributed by atoms with van der Waals surface area (Å²) in [7, 11) is 0. The van der Waals surface area contributed by atoms with Crippen LogP contribution in [-0.2, 0) is 6.54 Å². The molecule has 4 nitrogen and oxygen atoms in total. The van der Waals surface area contributed by atoms with E-state index in [9.17, 15) is 9.18 Å². The van der Waals surface area contributed by atoms with Gasteiger partial charge in [0.15, 0.2) is 11.6 Å². The van der Waals surface area contributed by atoms with Crippen molar-refractivity contribution in [1.29, 1.82) is 0 Å². The van der Waals surface area contributed by atoms with Gasteiger partial charge in [-0.1, -0.05) is 30.3 Å². The van der Waals surface area contributed by atoms with Gasteiger partial charge in [-0.3, -0.25) is 4.79 Å². The molecule has 0 spiro atoms. The second kappa shape index (κ2) is 6.14. The lowest BCUT2D eigenvalue weighted by Gasteiger charge is -2.21. The largest absolute Gasteiger partial charge is 0.381 e. The van der Waals surface area contributed by atoms with Gasteiger partial charge in [-0.25, -0.2) is 9.37 Å². The van der Waals surface area contributed by atoms with Crippen molar-refractivity contribution in [3.63, 3.8) is 0 Å². The first-order valence-electron chi connectivity index (χ1n) is 6.36. The van der Waals surface area contributed by atoms with E-state index in [4.69, 9.17) is 5.73 Å². The third kappa shape index (κ3) is 2.93. The Kier molecular flexibility index (Phi) is 4.30. The van der Waals surface area contributed by atoms with Gasteiger partial charge in [0.1, 0.15) is 0 Å². The molecule has 0 radical (unpaired) electrons. The smallest absolute Gasteiger partial charge is 0.257 e. The molecule has 1 amide bonds. The molecule has 20 heavy (non-hydrogen) atoms. The van der Waals surface area contributed by atoms with Crippen LogP contribution in [0, 0.1) is 5.82 Å². The van der Waals surface area contributed by atoms with Crippen molar-refractivity contribution in [1.82, 2.24) is 9.88 Å². The highest BCUT2D eigenvalue weighted by Gasteiger charge is 2.20. The van der Waals surface area contributed by atoms with E-state index in [-0.39, 0.29) is 17.3 Å². The molecule has 0 saturated carbocycles. The highest BCUT2D eigenvalue weighted by molar-refractivity contribution is 5.95. The number of benzene rings is 1. The highest BCUT2D eigenvalue weighted by Crippen LogP contribution is 2.15. The van der Waals surface area contributed by atoms with Crippen molar-refractivity contribution in [3.05, 3.63) is 59.5 Å². The standard InChI is InChI=1S/C15H16FN3O/c1-2-19(10-11-6-4-3-5-7-11)15(20)12-8-9-18-14(17)13(12)16/h3-9H,2,10H2,1H3,(H2,17,18). The van der Waals surface area contributed by atoms with Crippen LogP contribution in [0.5, 0.6) is 0 Å². The maximum Gasteiger partial charge on any atom is 0.257 e. The average molecular weight is 273 g/mol. The second-order valence-corrected chi connectivity index (χ2v) is 4.36. The van der Waals surface area contributed by atoms with Crippen molar-refractivity contribution < 1.29 is 9.18 Å². The van der Waals surface area contributed by atoms with Gasteiger partial charge in [-0.05, 0) is 18.6 Å². The van der Waals surface area contributed by atoms with E-state index >= 15 is 0 Å². The van der Waals surface area contributed by atoms with Crippen LogP contribution in [0.4, 0.5) is 10.2 Å². The van der Waals surface area contributed by atoms with Crippen LogP contribution < -0.4 is 5.73 Å². The number of pyridine rings is 1. The molecule has 0 atom stereocenters. The predicted octanol–water partition coefficient (Wildman–Crippen LogP) is 2.47. The van der Waals surface area contributed by atoms with Gasteiger partial charge in [0.2, 0.25) is 0 Å². The maximum absolute atomic E-state index is 13.9. The van der Waals surface area contributed by atoms with Crippen LogP contribution >= 0.6 is 0 Å². The molecule has 104 valence electrons. The van der Waals surface area contributed by atoms with Crippen LogP contribution in [0.25, 0.3) is 0 Å². The van der Waals surface area contributed by atoms with Crippen LogP contribution in [-0.4, -0.2) is 22.3 Å². The van der Waals surface area contributed by atoms with E-state index in [0.717, 1.165) is 5.56 Å². The summed E-state index contributed by atoms with van der Waals surface area (Å²) < 4.78 is 13.9. The zero-order valence-corrected chi connectivity index (χ0v) is 11.2. The van der Waals surface area contributed by atoms with Gasteiger partial charge in [0, 0.05) is 19.3 Å². The molecule has 1 heterocycles. The van der Waals surface area contributed by atoms with E-state index in [1.54, 1.807) is 4.90 Å². The predicted molar refractivity (Wildman–Crippen MR) is 75.5 cm³/mol. The number of nitrogens with zero attached hydrogens (tertiary/aromatic N) is 2. The minimum atomic E-state index is -0.760. The molecule has 0 unspecified atom stereocenters. The Bertz CT molecular complexity index is 601. The number of nitrogens with two attached hydrogens (primary N) is 1. The topological polar surface area (TPSA) is 59.2 Å². The van der Waals surface area contributed by atoms with Crippen LogP contribution in [0.3, 0.4) is 0 Å². The number of hydrogen-bond donors (Lipinski definition) is 1. The van der Waals surface area contributed by atoms with Crippen molar-refractivity contribution in [2.75, 3.05) is 12.3 Å². The molecule has 2 N–H and O–H groups in total. The Morgan fingerprint density at radius 2 is 2.00 bits per heavy atom. The summed E-state index contributed by atoms with van der Waals surface area (Å²) >= 11 is 0. The number of rotatable bonds is 4. The Labute approximate surface area is 117 Å². The van der Waals surface area contributed by atoms with Crippen LogP contribution in [0.1, 0.15) is 22.8 Å². The van der Waals surface area contributed by atoms with E-state index in [2.05, 4.69) is 4.98 Å². The number of amides is 1. The lowest BCUT2D eigenvalue weighted by atomic mass is 10.1. The number of aromatic nitrogens is 1. The summed E-state index contributed by atoms with van der Waals surface area (Å²) in [6.07, 6.45) is 1.34. The molecular weight excluding hydrogens is 257 g/mol. The van der Waals surface area contributed by atoms with Crippen molar-refractivity contribution in [2.45, 2.75) is 13.5 Å². The van der Waals surface area contributed by atoms with E-state index < -0.39 is 5.82 Å². The Balaban J connectivity index is 2.23. The zero-order valence-electron chi connectivity index (χ0n) is 11.2. The van der Waals surface area contributed by atoms with Crippen molar-refractivity contribution >= 4 is 11.7 Å². The second-order valence-electron chi connectivity index (χ2n) is 4.36. The molecule has 5 heteroatoms. The molecule has 0 aliphatic rings. The number of halogens is 1. The Hall–Kier alpha value is -2.43.